The highest BCUT2D eigenvalue weighted by atomic mass is 16.2. The second-order valence-corrected chi connectivity index (χ2v) is 6.99. The first-order valence-corrected chi connectivity index (χ1v) is 9.64. The first-order valence-electron chi connectivity index (χ1n) is 9.64. The summed E-state index contributed by atoms with van der Waals surface area (Å²) in [6.07, 6.45) is 4.92. The summed E-state index contributed by atoms with van der Waals surface area (Å²) in [5.74, 6) is 0.459. The van der Waals surface area contributed by atoms with Crippen LogP contribution in [-0.2, 0) is 7.05 Å². The Labute approximate surface area is 168 Å². The lowest BCUT2D eigenvalue weighted by atomic mass is 10.1. The van der Waals surface area contributed by atoms with Crippen LogP contribution in [0.25, 0.3) is 11.3 Å². The first-order chi connectivity index (χ1) is 14.1. The van der Waals surface area contributed by atoms with E-state index in [4.69, 9.17) is 0 Å². The van der Waals surface area contributed by atoms with Gasteiger partial charge in [0.25, 0.3) is 11.5 Å². The summed E-state index contributed by atoms with van der Waals surface area (Å²) in [6.45, 7) is 1.89. The molecule has 1 amide bonds. The zero-order valence-corrected chi connectivity index (χ0v) is 16.2. The summed E-state index contributed by atoms with van der Waals surface area (Å²) in [7, 11) is 1.59. The number of benzene rings is 1. The molecular formula is C21H22N6O2. The van der Waals surface area contributed by atoms with Crippen molar-refractivity contribution in [1.29, 1.82) is 0 Å². The number of carbonyl (C=O) groups excluding carboxylic acids is 1. The van der Waals surface area contributed by atoms with Gasteiger partial charge in [-0.15, -0.1) is 0 Å². The second kappa shape index (κ2) is 8.22. The molecule has 4 rings (SSSR count). The summed E-state index contributed by atoms with van der Waals surface area (Å²) in [6, 6.07) is 12.2. The van der Waals surface area contributed by atoms with Gasteiger partial charge in [0.15, 0.2) is 0 Å². The molecule has 8 nitrogen and oxygen atoms in total. The number of aromatic nitrogens is 4. The van der Waals surface area contributed by atoms with E-state index in [0.717, 1.165) is 37.3 Å². The summed E-state index contributed by atoms with van der Waals surface area (Å²) >= 11 is 0. The zero-order valence-electron chi connectivity index (χ0n) is 16.2. The van der Waals surface area contributed by atoms with Crippen molar-refractivity contribution < 1.29 is 4.79 Å². The molecule has 0 aliphatic carbocycles. The lowest BCUT2D eigenvalue weighted by Gasteiger charge is -2.27. The quantitative estimate of drug-likeness (QED) is 0.736. The van der Waals surface area contributed by atoms with E-state index < -0.39 is 0 Å². The highest BCUT2D eigenvalue weighted by Crippen LogP contribution is 2.26. The van der Waals surface area contributed by atoms with Gasteiger partial charge >= 0.3 is 0 Å². The van der Waals surface area contributed by atoms with Gasteiger partial charge in [0.05, 0.1) is 11.4 Å². The van der Waals surface area contributed by atoms with Crippen molar-refractivity contribution in [3.05, 3.63) is 64.8 Å². The van der Waals surface area contributed by atoms with Crippen molar-refractivity contribution in [3.63, 3.8) is 0 Å². The van der Waals surface area contributed by atoms with Crippen molar-refractivity contribution in [2.45, 2.75) is 19.3 Å². The van der Waals surface area contributed by atoms with Crippen molar-refractivity contribution in [2.24, 2.45) is 7.05 Å². The van der Waals surface area contributed by atoms with Crippen molar-refractivity contribution in [3.8, 4) is 11.3 Å². The highest BCUT2D eigenvalue weighted by molar-refractivity contribution is 6.05. The molecule has 29 heavy (non-hydrogen) atoms. The Kier molecular flexibility index (Phi) is 5.33. The number of hydrogen-bond acceptors (Lipinski definition) is 6. The summed E-state index contributed by atoms with van der Waals surface area (Å²) < 4.78 is 1.27. The molecule has 0 atom stereocenters. The predicted octanol–water partition coefficient (Wildman–Crippen LogP) is 2.48. The molecular weight excluding hydrogens is 368 g/mol. The number of nitrogens with zero attached hydrogens (tertiary/aromatic N) is 5. The van der Waals surface area contributed by atoms with Gasteiger partial charge < -0.3 is 10.2 Å². The minimum absolute atomic E-state index is 0.193. The molecule has 1 saturated heterocycles. The van der Waals surface area contributed by atoms with Crippen LogP contribution >= 0.6 is 0 Å². The van der Waals surface area contributed by atoms with Gasteiger partial charge in [0.2, 0.25) is 0 Å². The molecule has 3 aromatic rings. The number of aryl methyl sites for hydroxylation is 1. The Bertz CT molecular complexity index is 1090. The van der Waals surface area contributed by atoms with Crippen molar-refractivity contribution >= 4 is 17.4 Å². The fourth-order valence-corrected chi connectivity index (χ4v) is 3.41. The Balaban J connectivity index is 1.59. The van der Waals surface area contributed by atoms with Crippen LogP contribution in [0.3, 0.4) is 0 Å². The number of piperidine rings is 1. The molecule has 0 bridgehead atoms. The summed E-state index contributed by atoms with van der Waals surface area (Å²) in [5.41, 5.74) is 2.04. The fourth-order valence-electron chi connectivity index (χ4n) is 3.41. The third kappa shape index (κ3) is 4.16. The Morgan fingerprint density at radius 1 is 1.03 bits per heavy atom. The first kappa shape index (κ1) is 18.8. The molecule has 0 radical (unpaired) electrons. The second-order valence-electron chi connectivity index (χ2n) is 6.99. The predicted molar refractivity (Wildman–Crippen MR) is 111 cm³/mol. The van der Waals surface area contributed by atoms with Gasteiger partial charge in [-0.25, -0.2) is 14.6 Å². The molecule has 1 N–H and O–H groups in total. The minimum atomic E-state index is -0.317. The van der Waals surface area contributed by atoms with E-state index in [1.807, 2.05) is 18.2 Å². The maximum absolute atomic E-state index is 12.9. The van der Waals surface area contributed by atoms with Crippen molar-refractivity contribution in [1.82, 2.24) is 19.7 Å². The largest absolute Gasteiger partial charge is 0.357 e. The number of rotatable bonds is 4. The molecule has 1 aromatic carbocycles. The van der Waals surface area contributed by atoms with E-state index in [-0.39, 0.29) is 11.5 Å². The highest BCUT2D eigenvalue weighted by Gasteiger charge is 2.17. The van der Waals surface area contributed by atoms with Crippen LogP contribution in [-0.4, -0.2) is 38.7 Å². The minimum Gasteiger partial charge on any atom is -0.357 e. The molecule has 1 aliphatic rings. The molecule has 148 valence electrons. The molecule has 0 spiro atoms. The Morgan fingerprint density at radius 2 is 1.83 bits per heavy atom. The van der Waals surface area contributed by atoms with Gasteiger partial charge in [-0.1, -0.05) is 18.2 Å². The number of carbonyl (C=O) groups is 1. The van der Waals surface area contributed by atoms with Crippen LogP contribution in [0, 0.1) is 0 Å². The number of hydrogen-bond donors (Lipinski definition) is 1. The molecule has 1 fully saturated rings. The number of para-hydroxylation sites is 1. The van der Waals surface area contributed by atoms with E-state index in [1.54, 1.807) is 25.2 Å². The van der Waals surface area contributed by atoms with E-state index in [1.165, 1.54) is 23.5 Å². The van der Waals surface area contributed by atoms with Crippen LogP contribution in [0.2, 0.25) is 0 Å². The van der Waals surface area contributed by atoms with E-state index in [2.05, 4.69) is 25.3 Å². The van der Waals surface area contributed by atoms with Gasteiger partial charge in [-0.2, -0.15) is 5.10 Å². The van der Waals surface area contributed by atoms with Gasteiger partial charge in [-0.05, 0) is 31.4 Å². The summed E-state index contributed by atoms with van der Waals surface area (Å²) in [4.78, 5) is 35.1. The molecule has 8 heteroatoms. The maximum Gasteiger partial charge on any atom is 0.274 e. The molecule has 0 saturated carbocycles. The Hall–Kier alpha value is -3.55. The molecule has 1 aliphatic heterocycles. The number of amides is 1. The van der Waals surface area contributed by atoms with E-state index >= 15 is 0 Å². The van der Waals surface area contributed by atoms with Crippen molar-refractivity contribution in [2.75, 3.05) is 23.3 Å². The SMILES string of the molecule is Cn1nc(-c2ccccc2NC(=O)c2cc(N3CCCCC3)ncn2)ccc1=O. The third-order valence-electron chi connectivity index (χ3n) is 4.98. The lowest BCUT2D eigenvalue weighted by molar-refractivity contribution is 0.102. The molecule has 0 unspecified atom stereocenters. The van der Waals surface area contributed by atoms with E-state index in [9.17, 15) is 9.59 Å². The van der Waals surface area contributed by atoms with E-state index in [0.29, 0.717) is 17.1 Å². The standard InChI is InChI=1S/C21H22N6O2/c1-26-20(28)10-9-17(25-26)15-7-3-4-8-16(15)24-21(29)18-13-19(23-14-22-18)27-11-5-2-6-12-27/h3-4,7-10,13-14H,2,5-6,11-12H2,1H3,(H,24,29). The van der Waals surface area contributed by atoms with Gasteiger partial charge in [0.1, 0.15) is 17.8 Å². The molecule has 3 heterocycles. The fraction of sp³-hybridized carbons (Fsp3) is 0.286. The zero-order chi connectivity index (χ0) is 20.2. The topological polar surface area (TPSA) is 93.0 Å². The van der Waals surface area contributed by atoms with Crippen LogP contribution < -0.4 is 15.8 Å². The monoisotopic (exact) mass is 390 g/mol. The number of nitrogens with one attached hydrogen (secondary N) is 1. The summed E-state index contributed by atoms with van der Waals surface area (Å²) in [5, 5.41) is 7.19. The van der Waals surface area contributed by atoms with Gasteiger partial charge in [-0.3, -0.25) is 9.59 Å². The lowest BCUT2D eigenvalue weighted by Crippen LogP contribution is -2.30. The van der Waals surface area contributed by atoms with Crippen LogP contribution in [0.5, 0.6) is 0 Å². The average molecular weight is 390 g/mol. The maximum atomic E-state index is 12.9. The van der Waals surface area contributed by atoms with Crippen LogP contribution in [0.4, 0.5) is 11.5 Å². The molecule has 2 aromatic heterocycles. The Morgan fingerprint density at radius 3 is 2.62 bits per heavy atom. The van der Waals surface area contributed by atoms with Crippen LogP contribution in [0.15, 0.2) is 53.6 Å². The normalized spacial score (nSPS) is 13.9. The average Bonchev–Trinajstić information content (AvgIpc) is 2.77. The van der Waals surface area contributed by atoms with Gasteiger partial charge in [0, 0.05) is 37.8 Å². The third-order valence-corrected chi connectivity index (χ3v) is 4.98. The van der Waals surface area contributed by atoms with Crippen LogP contribution in [0.1, 0.15) is 29.8 Å². The number of anilines is 2. The smallest absolute Gasteiger partial charge is 0.274 e.